The van der Waals surface area contributed by atoms with Crippen molar-refractivity contribution in [2.24, 2.45) is 5.92 Å². The molecule has 26 heavy (non-hydrogen) atoms. The topological polar surface area (TPSA) is 62.3 Å². The van der Waals surface area contributed by atoms with E-state index in [1.54, 1.807) is 24.5 Å². The van der Waals surface area contributed by atoms with Gasteiger partial charge in [0.2, 0.25) is 5.91 Å². The summed E-state index contributed by atoms with van der Waals surface area (Å²) in [5.41, 5.74) is 3.83. The molecule has 2 aromatic rings. The molecule has 3 rings (SSSR count). The van der Waals surface area contributed by atoms with Crippen LogP contribution < -0.4 is 10.2 Å². The summed E-state index contributed by atoms with van der Waals surface area (Å²) in [4.78, 5) is 30.6. The molecule has 1 aliphatic heterocycles. The first-order chi connectivity index (χ1) is 12.6. The highest BCUT2D eigenvalue weighted by atomic mass is 16.2. The van der Waals surface area contributed by atoms with Gasteiger partial charge in [0.25, 0.3) is 5.91 Å². The van der Waals surface area contributed by atoms with Crippen LogP contribution in [0.1, 0.15) is 48.2 Å². The van der Waals surface area contributed by atoms with Crippen molar-refractivity contribution < 1.29 is 9.59 Å². The van der Waals surface area contributed by atoms with Crippen molar-refractivity contribution in [1.29, 1.82) is 0 Å². The van der Waals surface area contributed by atoms with Crippen molar-refractivity contribution in [2.45, 2.75) is 39.7 Å². The Labute approximate surface area is 154 Å². The smallest absolute Gasteiger partial charge is 0.258 e. The molecule has 5 nitrogen and oxygen atoms in total. The summed E-state index contributed by atoms with van der Waals surface area (Å²) in [5, 5.41) is 3.03. The maximum Gasteiger partial charge on any atom is 0.258 e. The predicted molar refractivity (Wildman–Crippen MR) is 102 cm³/mol. The zero-order valence-corrected chi connectivity index (χ0v) is 15.4. The van der Waals surface area contributed by atoms with Crippen molar-refractivity contribution in [3.8, 4) is 0 Å². The summed E-state index contributed by atoms with van der Waals surface area (Å²) in [6, 6.07) is 9.55. The molecular formula is C21H25N3O2. The second-order valence-electron chi connectivity index (χ2n) is 6.64. The number of carbonyl (C=O) groups is 2. The fourth-order valence-corrected chi connectivity index (χ4v) is 3.42. The highest BCUT2D eigenvalue weighted by Gasteiger charge is 2.25. The van der Waals surface area contributed by atoms with Crippen molar-refractivity contribution in [1.82, 2.24) is 10.3 Å². The number of pyridine rings is 1. The Bertz CT molecular complexity index is 785. The number of aromatic nitrogens is 1. The highest BCUT2D eigenvalue weighted by molar-refractivity contribution is 6.07. The summed E-state index contributed by atoms with van der Waals surface area (Å²) in [5.74, 6) is 0.198. The summed E-state index contributed by atoms with van der Waals surface area (Å²) in [7, 11) is 0. The SMILES string of the molecule is CCC(CC)C(=O)NCc1ccc2c(c1)CCN2C(=O)c1ccncc1. The molecule has 1 N–H and O–H groups in total. The minimum atomic E-state index is 0.000867. The number of rotatable bonds is 6. The van der Waals surface area contributed by atoms with Gasteiger partial charge in [-0.25, -0.2) is 0 Å². The van der Waals surface area contributed by atoms with Crippen LogP contribution in [0.3, 0.4) is 0 Å². The lowest BCUT2D eigenvalue weighted by Crippen LogP contribution is -2.29. The van der Waals surface area contributed by atoms with Crippen molar-refractivity contribution in [3.05, 3.63) is 59.4 Å². The van der Waals surface area contributed by atoms with E-state index in [1.165, 1.54) is 0 Å². The Morgan fingerprint density at radius 3 is 2.58 bits per heavy atom. The van der Waals surface area contributed by atoms with Crippen LogP contribution in [0.4, 0.5) is 5.69 Å². The van der Waals surface area contributed by atoms with E-state index in [4.69, 9.17) is 0 Å². The van der Waals surface area contributed by atoms with E-state index in [0.717, 1.165) is 36.1 Å². The van der Waals surface area contributed by atoms with Gasteiger partial charge < -0.3 is 10.2 Å². The largest absolute Gasteiger partial charge is 0.352 e. The van der Waals surface area contributed by atoms with Crippen LogP contribution in [-0.2, 0) is 17.8 Å². The van der Waals surface area contributed by atoms with Gasteiger partial charge in [-0.15, -0.1) is 0 Å². The first-order valence-electron chi connectivity index (χ1n) is 9.25. The Morgan fingerprint density at radius 1 is 1.15 bits per heavy atom. The zero-order valence-electron chi connectivity index (χ0n) is 15.4. The first kappa shape index (κ1) is 18.1. The lowest BCUT2D eigenvalue weighted by molar-refractivity contribution is -0.125. The van der Waals surface area contributed by atoms with Gasteiger partial charge in [0.05, 0.1) is 0 Å². The Hall–Kier alpha value is -2.69. The van der Waals surface area contributed by atoms with Crippen LogP contribution >= 0.6 is 0 Å². The summed E-state index contributed by atoms with van der Waals surface area (Å²) in [6.45, 7) is 5.29. The first-order valence-corrected chi connectivity index (χ1v) is 9.25. The van der Waals surface area contributed by atoms with Crippen LogP contribution in [0, 0.1) is 5.92 Å². The second kappa shape index (κ2) is 8.13. The molecule has 0 saturated heterocycles. The van der Waals surface area contributed by atoms with Gasteiger partial charge in [-0.1, -0.05) is 26.0 Å². The summed E-state index contributed by atoms with van der Waals surface area (Å²) < 4.78 is 0. The molecule has 0 aliphatic carbocycles. The maximum atomic E-state index is 12.7. The number of amides is 2. The summed E-state index contributed by atoms with van der Waals surface area (Å²) in [6.07, 6.45) is 5.82. The molecule has 2 amide bonds. The lowest BCUT2D eigenvalue weighted by atomic mass is 10.0. The van der Waals surface area contributed by atoms with E-state index in [-0.39, 0.29) is 17.7 Å². The predicted octanol–water partition coefficient (Wildman–Crippen LogP) is 3.34. The van der Waals surface area contributed by atoms with Crippen molar-refractivity contribution in [3.63, 3.8) is 0 Å². The minimum absolute atomic E-state index is 0.000867. The van der Waals surface area contributed by atoms with Gasteiger partial charge in [-0.3, -0.25) is 14.6 Å². The molecule has 1 aromatic heterocycles. The third kappa shape index (κ3) is 3.77. The molecule has 136 valence electrons. The monoisotopic (exact) mass is 351 g/mol. The number of nitrogens with one attached hydrogen (secondary N) is 1. The maximum absolute atomic E-state index is 12.7. The van der Waals surface area contributed by atoms with Crippen LogP contribution in [0.2, 0.25) is 0 Å². The van der Waals surface area contributed by atoms with Crippen LogP contribution in [0.25, 0.3) is 0 Å². The molecule has 0 radical (unpaired) electrons. The van der Waals surface area contributed by atoms with Gasteiger partial charge in [0.15, 0.2) is 0 Å². The standard InChI is InChI=1S/C21H25N3O2/c1-3-16(4-2)20(25)23-14-15-5-6-19-18(13-15)9-12-24(19)21(26)17-7-10-22-11-8-17/h5-8,10-11,13,16H,3-4,9,12,14H2,1-2H3,(H,23,25). The molecule has 0 saturated carbocycles. The molecule has 5 heteroatoms. The number of nitrogens with zero attached hydrogens (tertiary/aromatic N) is 2. The number of fused-ring (bicyclic) bond motifs is 1. The van der Waals surface area contributed by atoms with Gasteiger partial charge in [0.1, 0.15) is 0 Å². The molecule has 1 aromatic carbocycles. The van der Waals surface area contributed by atoms with E-state index in [9.17, 15) is 9.59 Å². The van der Waals surface area contributed by atoms with Crippen molar-refractivity contribution in [2.75, 3.05) is 11.4 Å². The number of anilines is 1. The zero-order chi connectivity index (χ0) is 18.5. The fraction of sp³-hybridized carbons (Fsp3) is 0.381. The number of hydrogen-bond donors (Lipinski definition) is 1. The molecule has 0 spiro atoms. The average Bonchev–Trinajstić information content (AvgIpc) is 3.10. The van der Waals surface area contributed by atoms with E-state index in [0.29, 0.717) is 18.7 Å². The van der Waals surface area contributed by atoms with E-state index in [1.807, 2.05) is 30.9 Å². The molecular weight excluding hydrogens is 326 g/mol. The van der Waals surface area contributed by atoms with Gasteiger partial charge in [0, 0.05) is 42.7 Å². The van der Waals surface area contributed by atoms with Gasteiger partial charge in [-0.05, 0) is 48.6 Å². The van der Waals surface area contributed by atoms with Crippen molar-refractivity contribution >= 4 is 17.5 Å². The molecule has 2 heterocycles. The Kier molecular flexibility index (Phi) is 5.66. The molecule has 0 unspecified atom stereocenters. The minimum Gasteiger partial charge on any atom is -0.352 e. The normalized spacial score (nSPS) is 13.0. The average molecular weight is 351 g/mol. The summed E-state index contributed by atoms with van der Waals surface area (Å²) >= 11 is 0. The molecule has 0 atom stereocenters. The number of benzene rings is 1. The Morgan fingerprint density at radius 2 is 1.88 bits per heavy atom. The van der Waals surface area contributed by atoms with E-state index in [2.05, 4.69) is 16.4 Å². The number of carbonyl (C=O) groups excluding carboxylic acids is 2. The quantitative estimate of drug-likeness (QED) is 0.868. The third-order valence-electron chi connectivity index (χ3n) is 5.04. The molecule has 0 bridgehead atoms. The van der Waals surface area contributed by atoms with Crippen LogP contribution in [0.5, 0.6) is 0 Å². The molecule has 1 aliphatic rings. The van der Waals surface area contributed by atoms with E-state index >= 15 is 0 Å². The van der Waals surface area contributed by atoms with Gasteiger partial charge in [-0.2, -0.15) is 0 Å². The fourth-order valence-electron chi connectivity index (χ4n) is 3.42. The highest BCUT2D eigenvalue weighted by Crippen LogP contribution is 2.30. The van der Waals surface area contributed by atoms with Crippen LogP contribution in [-0.4, -0.2) is 23.3 Å². The van der Waals surface area contributed by atoms with Gasteiger partial charge >= 0.3 is 0 Å². The molecule has 0 fully saturated rings. The third-order valence-corrected chi connectivity index (χ3v) is 5.04. The Balaban J connectivity index is 1.69. The van der Waals surface area contributed by atoms with E-state index < -0.39 is 0 Å². The lowest BCUT2D eigenvalue weighted by Gasteiger charge is -2.18. The number of hydrogen-bond acceptors (Lipinski definition) is 3. The van der Waals surface area contributed by atoms with Crippen LogP contribution in [0.15, 0.2) is 42.7 Å². The second-order valence-corrected chi connectivity index (χ2v) is 6.64.